The van der Waals surface area contributed by atoms with Crippen LogP contribution in [0, 0.1) is 0 Å². The van der Waals surface area contributed by atoms with E-state index in [-0.39, 0.29) is 0 Å². The van der Waals surface area contributed by atoms with Crippen LogP contribution in [0.3, 0.4) is 0 Å². The van der Waals surface area contributed by atoms with Crippen molar-refractivity contribution in [2.75, 3.05) is 7.11 Å². The van der Waals surface area contributed by atoms with E-state index in [0.29, 0.717) is 0 Å². The summed E-state index contributed by atoms with van der Waals surface area (Å²) >= 11 is 3.25. The molecule has 0 aliphatic carbocycles. The lowest BCUT2D eigenvalue weighted by molar-refractivity contribution is 0.415. The second-order valence-electron chi connectivity index (χ2n) is 1.92. The number of ether oxygens (including phenoxy) is 1. The quantitative estimate of drug-likeness (QED) is 0.723. The van der Waals surface area contributed by atoms with Crippen molar-refractivity contribution >= 4 is 22.9 Å². The average molecular weight is 223 g/mol. The Morgan fingerprint density at radius 3 is 2.15 bits per heavy atom. The van der Waals surface area contributed by atoms with Gasteiger partial charge in [0.05, 0.1) is 7.11 Å². The average Bonchev–Trinajstić information content (AvgIpc) is 2.05. The number of benzene rings is 1. The van der Waals surface area contributed by atoms with Crippen LogP contribution in [-0.2, 0) is 11.3 Å². The molecular weight excluding hydrogens is 214 g/mol. The zero-order valence-electron chi connectivity index (χ0n) is 6.90. The Morgan fingerprint density at radius 2 is 1.85 bits per heavy atom. The second-order valence-corrected chi connectivity index (χ2v) is 2.88. The first-order valence-electron chi connectivity index (χ1n) is 3.19. The van der Waals surface area contributed by atoms with Gasteiger partial charge in [0.25, 0.3) is 0 Å². The molecule has 0 heterocycles. The number of nitrogens with two attached hydrogens (primary N) is 1. The smallest absolute Gasteiger partial charge is 0.118 e. The first kappa shape index (κ1) is 12.4. The molecular formula is C7H9ClNO3S-. The van der Waals surface area contributed by atoms with Gasteiger partial charge in [0.1, 0.15) is 5.75 Å². The molecule has 4 nitrogen and oxygen atoms in total. The van der Waals surface area contributed by atoms with Crippen molar-refractivity contribution in [1.29, 1.82) is 0 Å². The molecule has 6 heteroatoms. The molecule has 0 spiro atoms. The van der Waals surface area contributed by atoms with Crippen molar-refractivity contribution in [1.82, 2.24) is 0 Å². The Balaban J connectivity index is 0.000000310. The Hall–Kier alpha value is -0.620. The third kappa shape index (κ3) is 7.73. The Bertz CT molecular complexity index is 261. The molecule has 0 bridgehead atoms. The summed E-state index contributed by atoms with van der Waals surface area (Å²) < 4.78 is 22.5. The molecule has 0 aliphatic rings. The summed E-state index contributed by atoms with van der Waals surface area (Å²) in [5.41, 5.74) is 0. The predicted octanol–water partition coefficient (Wildman–Crippen LogP) is 1.09. The number of methoxy groups -OCH3 is 1. The highest BCUT2D eigenvalue weighted by molar-refractivity contribution is 7.76. The van der Waals surface area contributed by atoms with Crippen LogP contribution in [0.5, 0.6) is 5.75 Å². The van der Waals surface area contributed by atoms with E-state index in [4.69, 9.17) is 25.1 Å². The summed E-state index contributed by atoms with van der Waals surface area (Å²) in [7, 11) is 1.63. The maximum atomic E-state index is 8.78. The molecule has 1 aromatic rings. The zero-order valence-corrected chi connectivity index (χ0v) is 8.47. The standard InChI is InChI=1S/C7H7ClO.H3NO2S/c1-9-7-4-2-6(8)3-5-7;1-4(2)3/h2-5H,1H3;1H2,(H,2,3)/p-1. The monoisotopic (exact) mass is 222 g/mol. The van der Waals surface area contributed by atoms with Gasteiger partial charge in [-0.3, -0.25) is 9.35 Å². The van der Waals surface area contributed by atoms with Crippen molar-refractivity contribution in [3.63, 3.8) is 0 Å². The van der Waals surface area contributed by atoms with Gasteiger partial charge in [-0.2, -0.15) is 0 Å². The van der Waals surface area contributed by atoms with Crippen LogP contribution in [0.25, 0.3) is 0 Å². The summed E-state index contributed by atoms with van der Waals surface area (Å²) in [5, 5.41) is 4.76. The van der Waals surface area contributed by atoms with E-state index >= 15 is 0 Å². The van der Waals surface area contributed by atoms with E-state index in [1.54, 1.807) is 19.2 Å². The fourth-order valence-corrected chi connectivity index (χ4v) is 0.697. The van der Waals surface area contributed by atoms with Crippen molar-refractivity contribution in [3.05, 3.63) is 29.3 Å². The molecule has 1 atom stereocenters. The molecule has 1 aromatic carbocycles. The van der Waals surface area contributed by atoms with Crippen LogP contribution >= 0.6 is 11.6 Å². The largest absolute Gasteiger partial charge is 0.760 e. The molecule has 1 rings (SSSR count). The van der Waals surface area contributed by atoms with Gasteiger partial charge in [0.15, 0.2) is 0 Å². The Labute approximate surface area is 84.1 Å². The second kappa shape index (κ2) is 6.85. The van der Waals surface area contributed by atoms with E-state index < -0.39 is 11.3 Å². The van der Waals surface area contributed by atoms with Crippen molar-refractivity contribution in [3.8, 4) is 5.75 Å². The summed E-state index contributed by atoms with van der Waals surface area (Å²) in [5.74, 6) is 0.833. The summed E-state index contributed by atoms with van der Waals surface area (Å²) in [6, 6.07) is 7.23. The maximum absolute atomic E-state index is 8.78. The molecule has 0 saturated heterocycles. The first-order chi connectivity index (χ1) is 6.06. The topological polar surface area (TPSA) is 75.4 Å². The van der Waals surface area contributed by atoms with Crippen LogP contribution in [-0.4, -0.2) is 15.9 Å². The normalized spacial score (nSPS) is 11.1. The van der Waals surface area contributed by atoms with Crippen LogP contribution in [0.15, 0.2) is 24.3 Å². The summed E-state index contributed by atoms with van der Waals surface area (Å²) in [6.45, 7) is 0. The highest BCUT2D eigenvalue weighted by Crippen LogP contribution is 2.14. The third-order valence-electron chi connectivity index (χ3n) is 1.05. The number of hydrogen-bond donors (Lipinski definition) is 1. The molecule has 1 unspecified atom stereocenters. The minimum atomic E-state index is -2.36. The maximum Gasteiger partial charge on any atom is 0.118 e. The van der Waals surface area contributed by atoms with Crippen LogP contribution in [0.4, 0.5) is 0 Å². The molecule has 13 heavy (non-hydrogen) atoms. The minimum absolute atomic E-state index is 0.732. The van der Waals surface area contributed by atoms with Crippen molar-refractivity contribution in [2.24, 2.45) is 5.14 Å². The molecule has 0 aromatic heterocycles. The molecule has 0 amide bonds. The van der Waals surface area contributed by atoms with Crippen LogP contribution in [0.2, 0.25) is 5.02 Å². The van der Waals surface area contributed by atoms with Gasteiger partial charge >= 0.3 is 0 Å². The van der Waals surface area contributed by atoms with Gasteiger partial charge in [-0.05, 0) is 24.3 Å². The minimum Gasteiger partial charge on any atom is -0.760 e. The first-order valence-corrected chi connectivity index (χ1v) is 4.71. The Morgan fingerprint density at radius 1 is 1.46 bits per heavy atom. The zero-order chi connectivity index (χ0) is 10.3. The van der Waals surface area contributed by atoms with Gasteiger partial charge in [-0.25, -0.2) is 0 Å². The van der Waals surface area contributed by atoms with Crippen molar-refractivity contribution in [2.45, 2.75) is 0 Å². The summed E-state index contributed by atoms with van der Waals surface area (Å²) in [6.07, 6.45) is 0. The van der Waals surface area contributed by atoms with E-state index in [9.17, 15) is 0 Å². The predicted molar refractivity (Wildman–Crippen MR) is 51.1 cm³/mol. The van der Waals surface area contributed by atoms with Crippen LogP contribution < -0.4 is 9.88 Å². The van der Waals surface area contributed by atoms with Gasteiger partial charge in [0.2, 0.25) is 0 Å². The molecule has 0 fully saturated rings. The lowest BCUT2D eigenvalue weighted by Gasteiger charge is -1.96. The highest BCUT2D eigenvalue weighted by atomic mass is 35.5. The third-order valence-corrected chi connectivity index (χ3v) is 1.30. The number of halogens is 1. The fourth-order valence-electron chi connectivity index (χ4n) is 0.571. The van der Waals surface area contributed by atoms with E-state index in [1.165, 1.54) is 0 Å². The SMILES string of the molecule is COc1ccc(Cl)cc1.NS(=O)[O-]. The van der Waals surface area contributed by atoms with Crippen LogP contribution in [0.1, 0.15) is 0 Å². The molecule has 0 aliphatic heterocycles. The lowest BCUT2D eigenvalue weighted by Crippen LogP contribution is -1.97. The van der Waals surface area contributed by atoms with Crippen molar-refractivity contribution < 1.29 is 13.5 Å². The number of rotatable bonds is 1. The van der Waals surface area contributed by atoms with E-state index in [1.807, 2.05) is 12.1 Å². The lowest BCUT2D eigenvalue weighted by atomic mass is 10.3. The van der Waals surface area contributed by atoms with Gasteiger partial charge in [-0.15, -0.1) is 0 Å². The van der Waals surface area contributed by atoms with E-state index in [0.717, 1.165) is 10.8 Å². The van der Waals surface area contributed by atoms with Gasteiger partial charge < -0.3 is 9.29 Å². The fraction of sp³-hybridized carbons (Fsp3) is 0.143. The molecule has 0 saturated carbocycles. The van der Waals surface area contributed by atoms with E-state index in [2.05, 4.69) is 5.14 Å². The van der Waals surface area contributed by atoms with Gasteiger partial charge in [0, 0.05) is 16.3 Å². The molecule has 0 radical (unpaired) electrons. The van der Waals surface area contributed by atoms with Gasteiger partial charge in [-0.1, -0.05) is 11.6 Å². The Kier molecular flexibility index (Phi) is 6.52. The summed E-state index contributed by atoms with van der Waals surface area (Å²) in [4.78, 5) is 0. The molecule has 2 N–H and O–H groups in total. The highest BCUT2D eigenvalue weighted by Gasteiger charge is 1.87. The molecule has 74 valence electrons. The number of hydrogen-bond acceptors (Lipinski definition) is 3.